The number of anilines is 1. The van der Waals surface area contributed by atoms with Gasteiger partial charge in [0, 0.05) is 10.0 Å². The van der Waals surface area contributed by atoms with Gasteiger partial charge in [-0.05, 0) is 30.3 Å². The maximum absolute atomic E-state index is 12.0. The largest absolute Gasteiger partial charge is 0.295 e. The lowest BCUT2D eigenvalue weighted by molar-refractivity contribution is 0.0963. The van der Waals surface area contributed by atoms with Crippen molar-refractivity contribution in [2.24, 2.45) is 0 Å². The summed E-state index contributed by atoms with van der Waals surface area (Å²) in [6.07, 6.45) is 0. The first-order valence-corrected chi connectivity index (χ1v) is 7.43. The van der Waals surface area contributed by atoms with Gasteiger partial charge in [0.05, 0.1) is 26.3 Å². The molecular weight excluding hydrogens is 377 g/mol. The number of rotatable bonds is 3. The summed E-state index contributed by atoms with van der Waals surface area (Å²) in [5.41, 5.74) is 5.68. The van der Waals surface area contributed by atoms with Crippen molar-refractivity contribution in [2.75, 3.05) is 5.43 Å². The van der Waals surface area contributed by atoms with E-state index in [1.54, 1.807) is 6.07 Å². The summed E-state index contributed by atoms with van der Waals surface area (Å²) in [6, 6.07) is 7.54. The number of carbonyl (C=O) groups is 1. The summed E-state index contributed by atoms with van der Waals surface area (Å²) in [4.78, 5) is 12.0. The highest BCUT2D eigenvalue weighted by Gasteiger charge is 2.12. The maximum atomic E-state index is 12.0. The minimum absolute atomic E-state index is 0.232. The molecule has 1 amide bonds. The molecule has 0 unspecified atom stereocenters. The van der Waals surface area contributed by atoms with Crippen molar-refractivity contribution in [2.45, 2.75) is 0 Å². The second-order valence-electron chi connectivity index (χ2n) is 3.95. The van der Waals surface area contributed by atoms with E-state index < -0.39 is 5.91 Å². The smallest absolute Gasteiger partial charge is 0.271 e. The molecule has 2 aromatic carbocycles. The molecule has 0 atom stereocenters. The Labute approximate surface area is 146 Å². The van der Waals surface area contributed by atoms with Gasteiger partial charge in [0.15, 0.2) is 0 Å². The van der Waals surface area contributed by atoms with Gasteiger partial charge in [-0.15, -0.1) is 0 Å². The molecule has 0 fully saturated rings. The first-order valence-electron chi connectivity index (χ1n) is 5.54. The molecule has 0 spiro atoms. The van der Waals surface area contributed by atoms with E-state index in [0.29, 0.717) is 15.7 Å². The van der Waals surface area contributed by atoms with Crippen LogP contribution in [0.3, 0.4) is 0 Å². The number of hydrogen-bond acceptors (Lipinski definition) is 2. The fraction of sp³-hybridized carbons (Fsp3) is 0. The number of hydrazine groups is 1. The van der Waals surface area contributed by atoms with E-state index in [9.17, 15) is 4.79 Å². The Morgan fingerprint density at radius 1 is 0.810 bits per heavy atom. The summed E-state index contributed by atoms with van der Waals surface area (Å²) >= 11 is 29.5. The lowest BCUT2D eigenvalue weighted by Crippen LogP contribution is -2.29. The van der Waals surface area contributed by atoms with Crippen molar-refractivity contribution in [3.8, 4) is 0 Å². The zero-order valence-electron chi connectivity index (χ0n) is 10.2. The van der Waals surface area contributed by atoms with Gasteiger partial charge in [-0.1, -0.05) is 58.0 Å². The number of hydrogen-bond donors (Lipinski definition) is 2. The van der Waals surface area contributed by atoms with Crippen molar-refractivity contribution in [3.63, 3.8) is 0 Å². The quantitative estimate of drug-likeness (QED) is 0.666. The van der Waals surface area contributed by atoms with Crippen LogP contribution in [0.5, 0.6) is 0 Å². The molecule has 110 valence electrons. The van der Waals surface area contributed by atoms with Gasteiger partial charge in [-0.3, -0.25) is 15.6 Å². The molecule has 2 rings (SSSR count). The third kappa shape index (κ3) is 4.09. The summed E-state index contributed by atoms with van der Waals surface area (Å²) in [7, 11) is 0. The third-order valence-electron chi connectivity index (χ3n) is 2.48. The lowest BCUT2D eigenvalue weighted by Gasteiger charge is -2.12. The molecule has 2 N–H and O–H groups in total. The van der Waals surface area contributed by atoms with E-state index in [-0.39, 0.29) is 20.6 Å². The molecule has 21 heavy (non-hydrogen) atoms. The monoisotopic (exact) mass is 382 g/mol. The molecule has 0 aliphatic heterocycles. The Kier molecular flexibility index (Phi) is 5.47. The zero-order chi connectivity index (χ0) is 15.6. The predicted molar refractivity (Wildman–Crippen MR) is 89.0 cm³/mol. The molecule has 3 nitrogen and oxygen atoms in total. The van der Waals surface area contributed by atoms with Crippen LogP contribution in [-0.4, -0.2) is 5.91 Å². The highest BCUT2D eigenvalue weighted by Crippen LogP contribution is 2.33. The van der Waals surface area contributed by atoms with Gasteiger partial charge in [-0.25, -0.2) is 0 Å². The van der Waals surface area contributed by atoms with Crippen LogP contribution in [-0.2, 0) is 0 Å². The molecule has 0 aliphatic rings. The van der Waals surface area contributed by atoms with Gasteiger partial charge >= 0.3 is 0 Å². The minimum Gasteiger partial charge on any atom is -0.295 e. The van der Waals surface area contributed by atoms with Gasteiger partial charge in [-0.2, -0.15) is 0 Å². The molecule has 8 heteroatoms. The van der Waals surface area contributed by atoms with Gasteiger partial charge in [0.25, 0.3) is 5.91 Å². The molecule has 0 heterocycles. The van der Waals surface area contributed by atoms with Gasteiger partial charge < -0.3 is 0 Å². The molecular formula is C13H7Cl5N2O. The van der Waals surface area contributed by atoms with Crippen molar-refractivity contribution >= 4 is 69.6 Å². The average Bonchev–Trinajstić information content (AvgIpc) is 2.36. The second kappa shape index (κ2) is 6.95. The Morgan fingerprint density at radius 2 is 1.38 bits per heavy atom. The predicted octanol–water partition coefficient (Wildman–Crippen LogP) is 5.71. The number of carbonyl (C=O) groups excluding carboxylic acids is 1. The minimum atomic E-state index is -0.459. The Balaban J connectivity index is 2.15. The average molecular weight is 384 g/mol. The van der Waals surface area contributed by atoms with Crippen molar-refractivity contribution in [3.05, 3.63) is 61.0 Å². The molecule has 0 aliphatic carbocycles. The van der Waals surface area contributed by atoms with Crippen LogP contribution in [0.1, 0.15) is 10.4 Å². The first kappa shape index (κ1) is 16.5. The Morgan fingerprint density at radius 3 is 1.95 bits per heavy atom. The number of halogens is 5. The van der Waals surface area contributed by atoms with E-state index >= 15 is 0 Å². The molecule has 0 radical (unpaired) electrons. The SMILES string of the molecule is O=C(NNc1c(Cl)cc(Cl)cc1Cl)c1ccc(Cl)cc1Cl. The molecule has 0 saturated heterocycles. The highest BCUT2D eigenvalue weighted by molar-refractivity contribution is 6.41. The Bertz CT molecular complexity index is 682. The van der Waals surface area contributed by atoms with E-state index in [1.165, 1.54) is 24.3 Å². The number of benzene rings is 2. The summed E-state index contributed by atoms with van der Waals surface area (Å²) in [5, 5.41) is 1.61. The van der Waals surface area contributed by atoms with Crippen molar-refractivity contribution in [1.82, 2.24) is 5.43 Å². The number of amides is 1. The summed E-state index contributed by atoms with van der Waals surface area (Å²) in [5.74, 6) is -0.459. The van der Waals surface area contributed by atoms with Crippen LogP contribution in [0.15, 0.2) is 30.3 Å². The van der Waals surface area contributed by atoms with Crippen molar-refractivity contribution in [1.29, 1.82) is 0 Å². The second-order valence-corrected chi connectivity index (χ2v) is 6.04. The van der Waals surface area contributed by atoms with Crippen LogP contribution in [0.4, 0.5) is 5.69 Å². The van der Waals surface area contributed by atoms with Crippen LogP contribution >= 0.6 is 58.0 Å². The van der Waals surface area contributed by atoms with E-state index in [0.717, 1.165) is 0 Å². The van der Waals surface area contributed by atoms with Crippen LogP contribution in [0, 0.1) is 0 Å². The third-order valence-corrected chi connectivity index (χ3v) is 3.85. The molecule has 2 aromatic rings. The summed E-state index contributed by atoms with van der Waals surface area (Å²) in [6.45, 7) is 0. The normalized spacial score (nSPS) is 10.3. The topological polar surface area (TPSA) is 41.1 Å². The van der Waals surface area contributed by atoms with E-state index in [2.05, 4.69) is 10.9 Å². The highest BCUT2D eigenvalue weighted by atomic mass is 35.5. The van der Waals surface area contributed by atoms with Gasteiger partial charge in [0.1, 0.15) is 0 Å². The van der Waals surface area contributed by atoms with E-state index in [1.807, 2.05) is 0 Å². The standard InChI is InChI=1S/C13H7Cl5N2O/c14-6-1-2-8(9(16)3-6)13(21)20-19-12-10(17)4-7(15)5-11(12)18/h1-5,19H,(H,20,21). The Hall–Kier alpha value is -0.840. The van der Waals surface area contributed by atoms with Crippen LogP contribution in [0.25, 0.3) is 0 Å². The molecule has 0 bridgehead atoms. The van der Waals surface area contributed by atoms with Crippen LogP contribution < -0.4 is 10.9 Å². The van der Waals surface area contributed by atoms with Gasteiger partial charge in [0.2, 0.25) is 0 Å². The molecule has 0 aromatic heterocycles. The first-order chi connectivity index (χ1) is 9.88. The lowest BCUT2D eigenvalue weighted by atomic mass is 10.2. The maximum Gasteiger partial charge on any atom is 0.271 e. The zero-order valence-corrected chi connectivity index (χ0v) is 14.0. The number of nitrogens with one attached hydrogen (secondary N) is 2. The fourth-order valence-electron chi connectivity index (χ4n) is 1.52. The fourth-order valence-corrected chi connectivity index (χ4v) is 2.93. The van der Waals surface area contributed by atoms with Crippen LogP contribution in [0.2, 0.25) is 25.1 Å². The van der Waals surface area contributed by atoms with Crippen molar-refractivity contribution < 1.29 is 4.79 Å². The summed E-state index contributed by atoms with van der Waals surface area (Å²) < 4.78 is 0. The molecule has 0 saturated carbocycles. The van der Waals surface area contributed by atoms with E-state index in [4.69, 9.17) is 58.0 Å².